The fraction of sp³-hybridized carbons (Fsp3) is 0.143. The summed E-state index contributed by atoms with van der Waals surface area (Å²) in [5.74, 6) is -1.13. The zero-order valence-corrected chi connectivity index (χ0v) is 9.82. The maximum Gasteiger partial charge on any atom is 0.128 e. The molecule has 0 radical (unpaired) electrons. The Morgan fingerprint density at radius 1 is 1.06 bits per heavy atom. The van der Waals surface area contributed by atoms with Gasteiger partial charge in [-0.3, -0.25) is 0 Å². The second kappa shape index (κ2) is 5.04. The molecule has 0 fully saturated rings. The minimum absolute atomic E-state index is 0.148. The van der Waals surface area contributed by atoms with Crippen molar-refractivity contribution < 1.29 is 13.9 Å². The van der Waals surface area contributed by atoms with Gasteiger partial charge in [-0.15, -0.1) is 0 Å². The van der Waals surface area contributed by atoms with Crippen LogP contribution in [-0.2, 0) is 0 Å². The van der Waals surface area contributed by atoms with Gasteiger partial charge in [-0.05, 0) is 25.1 Å². The molecule has 2 N–H and O–H groups in total. The highest BCUT2D eigenvalue weighted by Gasteiger charge is 2.10. The summed E-state index contributed by atoms with van der Waals surface area (Å²) in [6, 6.07) is 9.80. The SMILES string of the molecule is CC(Nc1cc(F)cc(F)c1)c1ccccc1O. The largest absolute Gasteiger partial charge is 0.508 e. The average Bonchev–Trinajstić information content (AvgIpc) is 2.27. The molecule has 0 aliphatic carbocycles. The van der Waals surface area contributed by atoms with E-state index in [9.17, 15) is 13.9 Å². The molecule has 0 aromatic heterocycles. The van der Waals surface area contributed by atoms with Gasteiger partial charge in [-0.1, -0.05) is 18.2 Å². The fourth-order valence-corrected chi connectivity index (χ4v) is 1.82. The fourth-order valence-electron chi connectivity index (χ4n) is 1.82. The second-order valence-corrected chi connectivity index (χ2v) is 4.08. The highest BCUT2D eigenvalue weighted by Crippen LogP contribution is 2.26. The molecule has 2 aromatic rings. The maximum absolute atomic E-state index is 13.0. The lowest BCUT2D eigenvalue weighted by Crippen LogP contribution is -2.07. The van der Waals surface area contributed by atoms with Gasteiger partial charge in [0.15, 0.2) is 0 Å². The number of nitrogens with one attached hydrogen (secondary N) is 1. The van der Waals surface area contributed by atoms with Gasteiger partial charge < -0.3 is 10.4 Å². The van der Waals surface area contributed by atoms with Crippen molar-refractivity contribution in [3.63, 3.8) is 0 Å². The van der Waals surface area contributed by atoms with Crippen LogP contribution in [-0.4, -0.2) is 5.11 Å². The molecule has 1 unspecified atom stereocenters. The summed E-state index contributed by atoms with van der Waals surface area (Å²) in [4.78, 5) is 0. The number of anilines is 1. The lowest BCUT2D eigenvalue weighted by Gasteiger charge is -2.16. The third kappa shape index (κ3) is 2.77. The van der Waals surface area contributed by atoms with Crippen LogP contribution >= 0.6 is 0 Å². The monoisotopic (exact) mass is 249 g/mol. The first kappa shape index (κ1) is 12.4. The first-order chi connectivity index (χ1) is 8.56. The molecular weight excluding hydrogens is 236 g/mol. The topological polar surface area (TPSA) is 32.3 Å². The zero-order chi connectivity index (χ0) is 13.1. The molecule has 0 spiro atoms. The van der Waals surface area contributed by atoms with Crippen LogP contribution in [0.15, 0.2) is 42.5 Å². The van der Waals surface area contributed by atoms with Crippen LogP contribution in [0.4, 0.5) is 14.5 Å². The summed E-state index contributed by atoms with van der Waals surface area (Å²) in [7, 11) is 0. The number of aromatic hydroxyl groups is 1. The predicted molar refractivity (Wildman–Crippen MR) is 66.5 cm³/mol. The van der Waals surface area contributed by atoms with E-state index in [1.54, 1.807) is 31.2 Å². The van der Waals surface area contributed by atoms with E-state index in [-0.39, 0.29) is 11.8 Å². The lowest BCUT2D eigenvalue weighted by atomic mass is 10.1. The number of phenolic OH excluding ortho intramolecular Hbond substituents is 1. The van der Waals surface area contributed by atoms with Crippen LogP contribution in [0.3, 0.4) is 0 Å². The normalized spacial score (nSPS) is 12.2. The Labute approximate surface area is 104 Å². The molecule has 0 amide bonds. The molecule has 18 heavy (non-hydrogen) atoms. The Hall–Kier alpha value is -2.10. The molecule has 4 heteroatoms. The minimum atomic E-state index is -0.637. The van der Waals surface area contributed by atoms with Crippen LogP contribution in [0.5, 0.6) is 5.75 Å². The molecule has 0 saturated heterocycles. The Kier molecular flexibility index (Phi) is 3.46. The van der Waals surface area contributed by atoms with Crippen LogP contribution < -0.4 is 5.32 Å². The van der Waals surface area contributed by atoms with Crippen LogP contribution in [0, 0.1) is 11.6 Å². The predicted octanol–water partition coefficient (Wildman–Crippen LogP) is 3.84. The number of hydrogen-bond donors (Lipinski definition) is 2. The van der Waals surface area contributed by atoms with Crippen molar-refractivity contribution in [3.05, 3.63) is 59.7 Å². The maximum atomic E-state index is 13.0. The molecule has 0 aliphatic rings. The number of hydrogen-bond acceptors (Lipinski definition) is 2. The summed E-state index contributed by atoms with van der Waals surface area (Å²) >= 11 is 0. The van der Waals surface area contributed by atoms with Crippen molar-refractivity contribution >= 4 is 5.69 Å². The minimum Gasteiger partial charge on any atom is -0.508 e. The van der Waals surface area contributed by atoms with E-state index in [1.807, 2.05) is 0 Å². The third-order valence-corrected chi connectivity index (χ3v) is 2.65. The number of para-hydroxylation sites is 1. The van der Waals surface area contributed by atoms with Gasteiger partial charge in [0.1, 0.15) is 17.4 Å². The van der Waals surface area contributed by atoms with Gasteiger partial charge in [0.2, 0.25) is 0 Å². The van der Waals surface area contributed by atoms with Gasteiger partial charge in [-0.2, -0.15) is 0 Å². The molecule has 2 nitrogen and oxygen atoms in total. The molecule has 1 atom stereocenters. The summed E-state index contributed by atoms with van der Waals surface area (Å²) in [6.45, 7) is 1.80. The molecule has 0 bridgehead atoms. The molecule has 0 heterocycles. The van der Waals surface area contributed by atoms with Crippen molar-refractivity contribution in [2.45, 2.75) is 13.0 Å². The van der Waals surface area contributed by atoms with Crippen molar-refractivity contribution in [2.24, 2.45) is 0 Å². The summed E-state index contributed by atoms with van der Waals surface area (Å²) in [5.41, 5.74) is 1.01. The van der Waals surface area contributed by atoms with E-state index in [1.165, 1.54) is 12.1 Å². The summed E-state index contributed by atoms with van der Waals surface area (Å²) in [5, 5.41) is 12.6. The summed E-state index contributed by atoms with van der Waals surface area (Å²) in [6.07, 6.45) is 0. The first-order valence-corrected chi connectivity index (χ1v) is 5.57. The van der Waals surface area contributed by atoms with Crippen LogP contribution in [0.1, 0.15) is 18.5 Å². The van der Waals surface area contributed by atoms with E-state index in [2.05, 4.69) is 5.32 Å². The van der Waals surface area contributed by atoms with Gasteiger partial charge in [0.25, 0.3) is 0 Å². The zero-order valence-electron chi connectivity index (χ0n) is 9.82. The van der Waals surface area contributed by atoms with E-state index in [4.69, 9.17) is 0 Å². The Morgan fingerprint density at radius 3 is 2.28 bits per heavy atom. The number of halogens is 2. The third-order valence-electron chi connectivity index (χ3n) is 2.65. The molecule has 0 aliphatic heterocycles. The van der Waals surface area contributed by atoms with E-state index in [0.717, 1.165) is 6.07 Å². The molecule has 2 aromatic carbocycles. The van der Waals surface area contributed by atoms with Gasteiger partial charge in [0.05, 0.1) is 6.04 Å². The quantitative estimate of drug-likeness (QED) is 0.866. The first-order valence-electron chi connectivity index (χ1n) is 5.57. The van der Waals surface area contributed by atoms with Crippen molar-refractivity contribution in [3.8, 4) is 5.75 Å². The van der Waals surface area contributed by atoms with Crippen LogP contribution in [0.25, 0.3) is 0 Å². The van der Waals surface area contributed by atoms with Gasteiger partial charge in [-0.25, -0.2) is 8.78 Å². The molecule has 94 valence electrons. The average molecular weight is 249 g/mol. The van der Waals surface area contributed by atoms with E-state index < -0.39 is 11.6 Å². The second-order valence-electron chi connectivity index (χ2n) is 4.08. The summed E-state index contributed by atoms with van der Waals surface area (Å²) < 4.78 is 26.1. The van der Waals surface area contributed by atoms with Crippen molar-refractivity contribution in [1.82, 2.24) is 0 Å². The molecule has 2 rings (SSSR count). The van der Waals surface area contributed by atoms with Gasteiger partial charge in [0, 0.05) is 17.3 Å². The smallest absolute Gasteiger partial charge is 0.128 e. The number of rotatable bonds is 3. The lowest BCUT2D eigenvalue weighted by molar-refractivity contribution is 0.465. The van der Waals surface area contributed by atoms with Crippen molar-refractivity contribution in [2.75, 3.05) is 5.32 Å². The van der Waals surface area contributed by atoms with E-state index in [0.29, 0.717) is 11.3 Å². The Balaban J connectivity index is 2.21. The standard InChI is InChI=1S/C14H13F2NO/c1-9(13-4-2-3-5-14(13)18)17-12-7-10(15)6-11(16)8-12/h2-9,17-18H,1H3. The highest BCUT2D eigenvalue weighted by atomic mass is 19.1. The molecular formula is C14H13F2NO. The number of phenols is 1. The van der Waals surface area contributed by atoms with Crippen molar-refractivity contribution in [1.29, 1.82) is 0 Å². The highest BCUT2D eigenvalue weighted by molar-refractivity contribution is 5.47. The van der Waals surface area contributed by atoms with E-state index >= 15 is 0 Å². The Bertz CT molecular complexity index is 537. The van der Waals surface area contributed by atoms with Gasteiger partial charge >= 0.3 is 0 Å². The molecule has 0 saturated carbocycles. The van der Waals surface area contributed by atoms with Crippen LogP contribution in [0.2, 0.25) is 0 Å². The number of benzene rings is 2. The Morgan fingerprint density at radius 2 is 1.67 bits per heavy atom.